The highest BCUT2D eigenvalue weighted by atomic mass is 19.1. The number of methoxy groups -OCH3 is 1. The van der Waals surface area contributed by atoms with Gasteiger partial charge in [0.05, 0.1) is 6.10 Å². The van der Waals surface area contributed by atoms with Crippen LogP contribution in [-0.4, -0.2) is 36.3 Å². The first-order valence-corrected chi connectivity index (χ1v) is 5.41. The molecule has 16 heavy (non-hydrogen) atoms. The molecule has 0 amide bonds. The number of hydrogen-bond donors (Lipinski definition) is 1. The fourth-order valence-corrected chi connectivity index (χ4v) is 2.04. The molecule has 0 aliphatic carbocycles. The number of phenols is 1. The second-order valence-electron chi connectivity index (χ2n) is 4.17. The molecule has 3 nitrogen and oxygen atoms in total. The predicted molar refractivity (Wildman–Crippen MR) is 58.8 cm³/mol. The largest absolute Gasteiger partial charge is 0.505 e. The summed E-state index contributed by atoms with van der Waals surface area (Å²) in [7, 11) is 1.72. The smallest absolute Gasteiger partial charge is 0.165 e. The van der Waals surface area contributed by atoms with Crippen LogP contribution in [0.15, 0.2) is 18.2 Å². The molecular formula is C12H16FNO2. The first kappa shape index (κ1) is 11.4. The van der Waals surface area contributed by atoms with Crippen LogP contribution in [0, 0.1) is 5.82 Å². The fraction of sp³-hybridized carbons (Fsp3) is 0.500. The number of rotatable bonds is 3. The lowest BCUT2D eigenvalue weighted by molar-refractivity contribution is 0.107. The molecule has 2 rings (SSSR count). The van der Waals surface area contributed by atoms with Crippen molar-refractivity contribution in [3.8, 4) is 5.75 Å². The van der Waals surface area contributed by atoms with Crippen LogP contribution < -0.4 is 0 Å². The minimum absolute atomic E-state index is 0.292. The summed E-state index contributed by atoms with van der Waals surface area (Å²) in [5, 5.41) is 9.08. The fourth-order valence-electron chi connectivity index (χ4n) is 2.04. The van der Waals surface area contributed by atoms with E-state index >= 15 is 0 Å². The van der Waals surface area contributed by atoms with Crippen LogP contribution in [0.1, 0.15) is 12.0 Å². The quantitative estimate of drug-likeness (QED) is 0.850. The summed E-state index contributed by atoms with van der Waals surface area (Å²) in [5.41, 5.74) is 0.882. The minimum atomic E-state index is -0.556. The number of halogens is 1. The SMILES string of the molecule is COC1CCN(Cc2ccc(O)c(F)c2)C1. The van der Waals surface area contributed by atoms with E-state index in [2.05, 4.69) is 4.90 Å². The zero-order valence-electron chi connectivity index (χ0n) is 9.32. The lowest BCUT2D eigenvalue weighted by atomic mass is 10.2. The molecule has 4 heteroatoms. The maximum atomic E-state index is 13.1. The molecule has 0 radical (unpaired) electrons. The average molecular weight is 225 g/mol. The number of aromatic hydroxyl groups is 1. The Hall–Kier alpha value is -1.13. The highest BCUT2D eigenvalue weighted by Crippen LogP contribution is 2.19. The highest BCUT2D eigenvalue weighted by Gasteiger charge is 2.21. The van der Waals surface area contributed by atoms with Crippen molar-refractivity contribution in [3.05, 3.63) is 29.6 Å². The van der Waals surface area contributed by atoms with E-state index in [9.17, 15) is 4.39 Å². The molecule has 1 aliphatic heterocycles. The number of nitrogens with zero attached hydrogens (tertiary/aromatic N) is 1. The average Bonchev–Trinajstić information content (AvgIpc) is 2.71. The molecule has 88 valence electrons. The van der Waals surface area contributed by atoms with Crippen LogP contribution in [0.25, 0.3) is 0 Å². The normalized spacial score (nSPS) is 21.5. The number of benzene rings is 1. The van der Waals surface area contributed by atoms with Crippen molar-refractivity contribution < 1.29 is 14.2 Å². The lowest BCUT2D eigenvalue weighted by Crippen LogP contribution is -2.22. The first-order chi connectivity index (χ1) is 7.69. The number of likely N-dealkylation sites (tertiary alicyclic amines) is 1. The van der Waals surface area contributed by atoms with E-state index < -0.39 is 5.82 Å². The van der Waals surface area contributed by atoms with Crippen molar-refractivity contribution in [2.45, 2.75) is 19.1 Å². The molecule has 1 fully saturated rings. The van der Waals surface area contributed by atoms with Gasteiger partial charge in [-0.05, 0) is 24.1 Å². The number of ether oxygens (including phenoxy) is 1. The van der Waals surface area contributed by atoms with Crippen molar-refractivity contribution >= 4 is 0 Å². The van der Waals surface area contributed by atoms with Gasteiger partial charge < -0.3 is 9.84 Å². The maximum absolute atomic E-state index is 13.1. The number of phenolic OH excluding ortho intramolecular Hbond substituents is 1. The van der Waals surface area contributed by atoms with Crippen molar-refractivity contribution in [3.63, 3.8) is 0 Å². The molecule has 0 spiro atoms. The lowest BCUT2D eigenvalue weighted by Gasteiger charge is -2.15. The monoisotopic (exact) mass is 225 g/mol. The Kier molecular flexibility index (Phi) is 3.41. The molecule has 1 saturated heterocycles. The van der Waals surface area contributed by atoms with Crippen LogP contribution >= 0.6 is 0 Å². The van der Waals surface area contributed by atoms with Gasteiger partial charge in [0.1, 0.15) is 0 Å². The van der Waals surface area contributed by atoms with E-state index in [0.29, 0.717) is 12.6 Å². The Morgan fingerprint density at radius 3 is 3.00 bits per heavy atom. The summed E-state index contributed by atoms with van der Waals surface area (Å²) in [6, 6.07) is 4.53. The Morgan fingerprint density at radius 1 is 1.56 bits per heavy atom. The maximum Gasteiger partial charge on any atom is 0.165 e. The molecule has 0 saturated carbocycles. The van der Waals surface area contributed by atoms with Gasteiger partial charge in [-0.2, -0.15) is 0 Å². The molecule has 0 aromatic heterocycles. The molecule has 1 unspecified atom stereocenters. The molecule has 1 aromatic carbocycles. The molecule has 1 aromatic rings. The summed E-state index contributed by atoms with van der Waals surface area (Å²) < 4.78 is 18.4. The summed E-state index contributed by atoms with van der Waals surface area (Å²) in [6.45, 7) is 2.57. The van der Waals surface area contributed by atoms with Crippen LogP contribution in [0.4, 0.5) is 4.39 Å². The van der Waals surface area contributed by atoms with Gasteiger partial charge in [-0.15, -0.1) is 0 Å². The van der Waals surface area contributed by atoms with Crippen LogP contribution in [0.2, 0.25) is 0 Å². The molecule has 1 N–H and O–H groups in total. The predicted octanol–water partition coefficient (Wildman–Crippen LogP) is 1.75. The van der Waals surface area contributed by atoms with Crippen LogP contribution in [0.3, 0.4) is 0 Å². The van der Waals surface area contributed by atoms with Gasteiger partial charge >= 0.3 is 0 Å². The Labute approximate surface area is 94.4 Å². The third kappa shape index (κ3) is 2.51. The molecule has 1 atom stereocenters. The third-order valence-corrected chi connectivity index (χ3v) is 2.98. The Morgan fingerprint density at radius 2 is 2.38 bits per heavy atom. The van der Waals surface area contributed by atoms with Gasteiger partial charge in [-0.3, -0.25) is 4.90 Å². The third-order valence-electron chi connectivity index (χ3n) is 2.98. The van der Waals surface area contributed by atoms with E-state index in [1.165, 1.54) is 12.1 Å². The van der Waals surface area contributed by atoms with Crippen LogP contribution in [-0.2, 0) is 11.3 Å². The molecule has 1 heterocycles. The summed E-state index contributed by atoms with van der Waals surface area (Å²) in [6.07, 6.45) is 1.32. The van der Waals surface area contributed by atoms with Gasteiger partial charge in [0.25, 0.3) is 0 Å². The second-order valence-corrected chi connectivity index (χ2v) is 4.17. The van der Waals surface area contributed by atoms with Crippen molar-refractivity contribution in [2.75, 3.05) is 20.2 Å². The second kappa shape index (κ2) is 4.80. The molecule has 1 aliphatic rings. The summed E-state index contributed by atoms with van der Waals surface area (Å²) in [5.74, 6) is -0.847. The summed E-state index contributed by atoms with van der Waals surface area (Å²) in [4.78, 5) is 2.22. The zero-order chi connectivity index (χ0) is 11.5. The Balaban J connectivity index is 1.97. The van der Waals surface area contributed by atoms with E-state index in [4.69, 9.17) is 9.84 Å². The zero-order valence-corrected chi connectivity index (χ0v) is 9.32. The van der Waals surface area contributed by atoms with E-state index in [-0.39, 0.29) is 5.75 Å². The first-order valence-electron chi connectivity index (χ1n) is 5.41. The van der Waals surface area contributed by atoms with Crippen LogP contribution in [0.5, 0.6) is 5.75 Å². The highest BCUT2D eigenvalue weighted by molar-refractivity contribution is 5.28. The van der Waals surface area contributed by atoms with E-state index in [1.54, 1.807) is 13.2 Å². The minimum Gasteiger partial charge on any atom is -0.505 e. The van der Waals surface area contributed by atoms with Crippen molar-refractivity contribution in [2.24, 2.45) is 0 Å². The topological polar surface area (TPSA) is 32.7 Å². The van der Waals surface area contributed by atoms with E-state index in [0.717, 1.165) is 25.1 Å². The van der Waals surface area contributed by atoms with Gasteiger partial charge in [-0.1, -0.05) is 6.07 Å². The molecular weight excluding hydrogens is 209 g/mol. The standard InChI is InChI=1S/C12H16FNO2/c1-16-10-4-5-14(8-10)7-9-2-3-12(15)11(13)6-9/h2-3,6,10,15H,4-5,7-8H2,1H3. The summed E-state index contributed by atoms with van der Waals surface area (Å²) >= 11 is 0. The Bertz CT molecular complexity index is 370. The van der Waals surface area contributed by atoms with E-state index in [1.807, 2.05) is 0 Å². The molecule has 0 bridgehead atoms. The van der Waals surface area contributed by atoms with Gasteiger partial charge in [0.2, 0.25) is 0 Å². The van der Waals surface area contributed by atoms with Gasteiger partial charge in [0.15, 0.2) is 11.6 Å². The van der Waals surface area contributed by atoms with Crippen molar-refractivity contribution in [1.82, 2.24) is 4.90 Å². The van der Waals surface area contributed by atoms with Gasteiger partial charge in [0, 0.05) is 26.7 Å². The van der Waals surface area contributed by atoms with Gasteiger partial charge in [-0.25, -0.2) is 4.39 Å². The van der Waals surface area contributed by atoms with Crippen molar-refractivity contribution in [1.29, 1.82) is 0 Å². The number of hydrogen-bond acceptors (Lipinski definition) is 3.